The molecule has 23 heavy (non-hydrogen) atoms. The van der Waals surface area contributed by atoms with E-state index >= 15 is 0 Å². The number of likely N-dealkylation sites (tertiary alicyclic amines) is 1. The Morgan fingerprint density at radius 2 is 2.13 bits per heavy atom. The van der Waals surface area contributed by atoms with Crippen molar-refractivity contribution < 1.29 is 19.0 Å². The maximum atomic E-state index is 12.2. The van der Waals surface area contributed by atoms with Crippen LogP contribution in [0.4, 0.5) is 4.79 Å². The molecule has 0 N–H and O–H groups in total. The van der Waals surface area contributed by atoms with E-state index in [1.807, 2.05) is 27.8 Å². The van der Waals surface area contributed by atoms with Crippen molar-refractivity contribution in [3.8, 4) is 5.75 Å². The van der Waals surface area contributed by atoms with Crippen LogP contribution in [0.2, 0.25) is 0 Å². The second kappa shape index (κ2) is 7.09. The van der Waals surface area contributed by atoms with E-state index in [1.54, 1.807) is 22.9 Å². The number of methoxy groups -OCH3 is 1. The molecule has 1 aromatic rings. The van der Waals surface area contributed by atoms with Gasteiger partial charge in [0.15, 0.2) is 5.75 Å². The number of hydrogen-bond acceptors (Lipinski definition) is 5. The molecule has 2 rings (SSSR count). The highest BCUT2D eigenvalue weighted by molar-refractivity contribution is 9.10. The zero-order valence-electron chi connectivity index (χ0n) is 14.2. The first-order valence-corrected chi connectivity index (χ1v) is 8.31. The molecule has 1 aliphatic heterocycles. The zero-order valence-corrected chi connectivity index (χ0v) is 15.8. The van der Waals surface area contributed by atoms with Crippen molar-refractivity contribution >= 4 is 22.0 Å². The van der Waals surface area contributed by atoms with Crippen LogP contribution >= 0.6 is 15.9 Å². The van der Waals surface area contributed by atoms with E-state index in [9.17, 15) is 4.79 Å². The number of aromatic nitrogens is 2. The van der Waals surface area contributed by atoms with Crippen LogP contribution in [0.5, 0.6) is 5.75 Å². The first-order chi connectivity index (χ1) is 10.7. The summed E-state index contributed by atoms with van der Waals surface area (Å²) in [5.41, 5.74) is -0.505. The largest absolute Gasteiger partial charge is 0.489 e. The van der Waals surface area contributed by atoms with Gasteiger partial charge in [-0.2, -0.15) is 5.10 Å². The summed E-state index contributed by atoms with van der Waals surface area (Å²) in [5, 5.41) is 4.11. The number of rotatable bonds is 4. The smallest absolute Gasteiger partial charge is 0.410 e. The molecule has 1 aliphatic rings. The Bertz CT molecular complexity index is 555. The summed E-state index contributed by atoms with van der Waals surface area (Å²) in [5.74, 6) is 0.762. The fourth-order valence-corrected chi connectivity index (χ4v) is 2.75. The van der Waals surface area contributed by atoms with Crippen molar-refractivity contribution in [2.45, 2.75) is 32.5 Å². The predicted octanol–water partition coefficient (Wildman–Crippen LogP) is 2.44. The molecule has 0 radical (unpaired) electrons. The van der Waals surface area contributed by atoms with Gasteiger partial charge in [0, 0.05) is 26.6 Å². The maximum absolute atomic E-state index is 12.2. The third-order valence-electron chi connectivity index (χ3n) is 3.62. The second-order valence-corrected chi connectivity index (χ2v) is 7.40. The molecule has 2 heterocycles. The van der Waals surface area contributed by atoms with Crippen molar-refractivity contribution in [3.63, 3.8) is 0 Å². The summed E-state index contributed by atoms with van der Waals surface area (Å²) in [6.45, 7) is 7.07. The lowest BCUT2D eigenvalue weighted by molar-refractivity contribution is 0.0250. The van der Waals surface area contributed by atoms with Gasteiger partial charge in [-0.3, -0.25) is 4.68 Å². The molecule has 7 nitrogen and oxygen atoms in total. The van der Waals surface area contributed by atoms with Gasteiger partial charge in [-0.25, -0.2) is 4.79 Å². The highest BCUT2D eigenvalue weighted by Gasteiger charge is 2.37. The number of amides is 1. The molecule has 8 heteroatoms. The molecule has 0 aliphatic carbocycles. The summed E-state index contributed by atoms with van der Waals surface area (Å²) in [7, 11) is 3.48. The molecule has 0 spiro atoms. The van der Waals surface area contributed by atoms with Gasteiger partial charge in [-0.1, -0.05) is 0 Å². The van der Waals surface area contributed by atoms with Crippen LogP contribution in [-0.4, -0.2) is 59.3 Å². The third-order valence-corrected chi connectivity index (χ3v) is 4.53. The zero-order chi connectivity index (χ0) is 17.2. The van der Waals surface area contributed by atoms with Crippen molar-refractivity contribution in [1.29, 1.82) is 0 Å². The Morgan fingerprint density at radius 3 is 2.65 bits per heavy atom. The van der Waals surface area contributed by atoms with E-state index in [2.05, 4.69) is 21.0 Å². The second-order valence-electron chi connectivity index (χ2n) is 6.65. The van der Waals surface area contributed by atoms with Crippen LogP contribution < -0.4 is 4.74 Å². The normalized spacial score (nSPS) is 21.6. The molecule has 1 aromatic heterocycles. The van der Waals surface area contributed by atoms with Gasteiger partial charge in [-0.05, 0) is 36.7 Å². The SMILES string of the molecule is CO[C@@H]1CN(C(=O)OC(C)(C)C)C[C@H]1COc1cnn(C)c1Br. The van der Waals surface area contributed by atoms with Gasteiger partial charge in [0.2, 0.25) is 0 Å². The average Bonchev–Trinajstić information content (AvgIpc) is 3.00. The van der Waals surface area contributed by atoms with Gasteiger partial charge in [0.1, 0.15) is 10.2 Å². The monoisotopic (exact) mass is 389 g/mol. The van der Waals surface area contributed by atoms with Gasteiger partial charge >= 0.3 is 6.09 Å². The number of carbonyl (C=O) groups excluding carboxylic acids is 1. The Kier molecular flexibility index (Phi) is 5.57. The van der Waals surface area contributed by atoms with Crippen LogP contribution in [0.3, 0.4) is 0 Å². The van der Waals surface area contributed by atoms with E-state index in [0.717, 1.165) is 4.60 Å². The van der Waals surface area contributed by atoms with Crippen LogP contribution in [-0.2, 0) is 16.5 Å². The standard InChI is InChI=1S/C15H24BrN3O4/c1-15(2,3)23-14(20)19-7-10(12(8-19)21-5)9-22-11-6-17-18(4)13(11)16/h6,10,12H,7-9H2,1-5H3/t10-,12+/m0/s1. The Hall–Kier alpha value is -1.28. The van der Waals surface area contributed by atoms with Crippen LogP contribution in [0.25, 0.3) is 0 Å². The van der Waals surface area contributed by atoms with E-state index in [1.165, 1.54) is 0 Å². The van der Waals surface area contributed by atoms with Gasteiger partial charge in [0.25, 0.3) is 0 Å². The molecular formula is C15H24BrN3O4. The minimum atomic E-state index is -0.505. The molecule has 1 fully saturated rings. The minimum absolute atomic E-state index is 0.0713. The lowest BCUT2D eigenvalue weighted by Crippen LogP contribution is -2.36. The average molecular weight is 390 g/mol. The van der Waals surface area contributed by atoms with Gasteiger partial charge < -0.3 is 19.1 Å². The molecular weight excluding hydrogens is 366 g/mol. The lowest BCUT2D eigenvalue weighted by Gasteiger charge is -2.24. The molecule has 0 unspecified atom stereocenters. The Morgan fingerprint density at radius 1 is 1.43 bits per heavy atom. The fourth-order valence-electron chi connectivity index (χ4n) is 2.44. The van der Waals surface area contributed by atoms with Crippen LogP contribution in [0.1, 0.15) is 20.8 Å². The maximum Gasteiger partial charge on any atom is 0.410 e. The highest BCUT2D eigenvalue weighted by atomic mass is 79.9. The number of aryl methyl sites for hydroxylation is 1. The first-order valence-electron chi connectivity index (χ1n) is 7.52. The number of ether oxygens (including phenoxy) is 3. The summed E-state index contributed by atoms with van der Waals surface area (Å²) in [4.78, 5) is 13.9. The lowest BCUT2D eigenvalue weighted by atomic mass is 10.1. The van der Waals surface area contributed by atoms with Crippen molar-refractivity contribution in [2.75, 3.05) is 26.8 Å². The molecule has 1 saturated heterocycles. The number of hydrogen-bond donors (Lipinski definition) is 0. The Labute approximate surface area is 145 Å². The molecule has 0 saturated carbocycles. The third kappa shape index (κ3) is 4.60. The molecule has 2 atom stereocenters. The number of nitrogens with zero attached hydrogens (tertiary/aromatic N) is 3. The fraction of sp³-hybridized carbons (Fsp3) is 0.733. The number of halogens is 1. The van der Waals surface area contributed by atoms with Gasteiger partial charge in [0.05, 0.1) is 25.5 Å². The number of carbonyl (C=O) groups is 1. The van der Waals surface area contributed by atoms with E-state index in [4.69, 9.17) is 14.2 Å². The Balaban J connectivity index is 1.94. The molecule has 0 aromatic carbocycles. The van der Waals surface area contributed by atoms with Crippen LogP contribution in [0.15, 0.2) is 10.8 Å². The summed E-state index contributed by atoms with van der Waals surface area (Å²) in [6.07, 6.45) is 1.27. The summed E-state index contributed by atoms with van der Waals surface area (Å²) in [6, 6.07) is 0. The van der Waals surface area contributed by atoms with Crippen molar-refractivity contribution in [2.24, 2.45) is 13.0 Å². The van der Waals surface area contributed by atoms with Crippen molar-refractivity contribution in [3.05, 3.63) is 10.8 Å². The highest BCUT2D eigenvalue weighted by Crippen LogP contribution is 2.27. The van der Waals surface area contributed by atoms with Crippen molar-refractivity contribution in [1.82, 2.24) is 14.7 Å². The quantitative estimate of drug-likeness (QED) is 0.790. The van der Waals surface area contributed by atoms with Gasteiger partial charge in [-0.15, -0.1) is 0 Å². The van der Waals surface area contributed by atoms with E-state index in [-0.39, 0.29) is 18.1 Å². The van der Waals surface area contributed by atoms with Crippen LogP contribution in [0, 0.1) is 5.92 Å². The molecule has 130 valence electrons. The molecule has 0 bridgehead atoms. The predicted molar refractivity (Wildman–Crippen MR) is 88.5 cm³/mol. The summed E-state index contributed by atoms with van der Waals surface area (Å²) < 4.78 is 19.2. The van der Waals surface area contributed by atoms with E-state index < -0.39 is 5.60 Å². The summed E-state index contributed by atoms with van der Waals surface area (Å²) >= 11 is 3.42. The van der Waals surface area contributed by atoms with E-state index in [0.29, 0.717) is 25.4 Å². The first kappa shape index (κ1) is 18.1. The minimum Gasteiger partial charge on any atom is -0.489 e. The molecule has 1 amide bonds. The topological polar surface area (TPSA) is 65.8 Å².